The molecule has 0 atom stereocenters. The van der Waals surface area contributed by atoms with Gasteiger partial charge in [0.2, 0.25) is 0 Å². The molecule has 4 heteroatoms. The molecule has 1 aromatic carbocycles. The quantitative estimate of drug-likeness (QED) is 0.339. The largest absolute Gasteiger partial charge is 0.398 e. The molecule has 0 aliphatic carbocycles. The second-order valence-electron chi connectivity index (χ2n) is 4.31. The molecule has 0 bridgehead atoms. The van der Waals surface area contributed by atoms with Gasteiger partial charge in [0.15, 0.2) is 6.29 Å². The zero-order valence-electron chi connectivity index (χ0n) is 10.7. The number of nitrogens with two attached hydrogens (primary N) is 1. The first-order chi connectivity index (χ1) is 9.08. The number of hydrogen-bond donors (Lipinski definition) is 3. The van der Waals surface area contributed by atoms with E-state index in [-0.39, 0.29) is 0 Å². The molecule has 0 amide bonds. The minimum atomic E-state index is 0.409. The van der Waals surface area contributed by atoms with Gasteiger partial charge in [-0.1, -0.05) is 12.6 Å². The monoisotopic (exact) mass is 253 g/mol. The van der Waals surface area contributed by atoms with Crippen molar-refractivity contribution >= 4 is 23.8 Å². The average molecular weight is 253 g/mol. The first-order valence-electron chi connectivity index (χ1n) is 5.82. The van der Waals surface area contributed by atoms with E-state index in [2.05, 4.69) is 11.6 Å². The molecule has 0 saturated heterocycles. The number of carbonyl (C=O) groups excluding carboxylic acids is 1. The van der Waals surface area contributed by atoms with Crippen molar-refractivity contribution in [2.24, 2.45) is 0 Å². The van der Waals surface area contributed by atoms with Crippen LogP contribution in [0.5, 0.6) is 0 Å². The van der Waals surface area contributed by atoms with Gasteiger partial charge in [-0.3, -0.25) is 4.79 Å². The van der Waals surface area contributed by atoms with Crippen LogP contribution in [0.2, 0.25) is 0 Å². The van der Waals surface area contributed by atoms with Gasteiger partial charge in [-0.25, -0.2) is 0 Å². The summed E-state index contributed by atoms with van der Waals surface area (Å²) in [4.78, 5) is 13.8. The molecule has 19 heavy (non-hydrogen) atoms. The summed E-state index contributed by atoms with van der Waals surface area (Å²) in [6.07, 6.45) is 1.97. The van der Waals surface area contributed by atoms with Gasteiger partial charge in [0, 0.05) is 40.0 Å². The normalized spacial score (nSPS) is 10.2. The first-order valence-corrected chi connectivity index (χ1v) is 5.82. The van der Waals surface area contributed by atoms with Crippen molar-refractivity contribution in [3.63, 3.8) is 0 Å². The number of aromatic nitrogens is 1. The van der Waals surface area contributed by atoms with Crippen LogP contribution in [0.15, 0.2) is 30.8 Å². The van der Waals surface area contributed by atoms with Crippen molar-refractivity contribution in [2.45, 2.75) is 6.92 Å². The van der Waals surface area contributed by atoms with Gasteiger partial charge in [-0.2, -0.15) is 0 Å². The molecular weight excluding hydrogens is 238 g/mol. The van der Waals surface area contributed by atoms with Gasteiger partial charge < -0.3 is 16.1 Å². The maximum atomic E-state index is 10.7. The Bertz CT molecular complexity index is 668. The van der Waals surface area contributed by atoms with E-state index in [1.165, 1.54) is 6.21 Å². The highest BCUT2D eigenvalue weighted by Gasteiger charge is 2.10. The number of H-pyrrole nitrogens is 1. The molecule has 96 valence electrons. The minimum Gasteiger partial charge on any atom is -0.398 e. The van der Waals surface area contributed by atoms with E-state index < -0.39 is 0 Å². The third-order valence-electron chi connectivity index (χ3n) is 3.16. The summed E-state index contributed by atoms with van der Waals surface area (Å²) in [6, 6.07) is 7.37. The Balaban J connectivity index is 2.53. The smallest absolute Gasteiger partial charge is 0.151 e. The van der Waals surface area contributed by atoms with Gasteiger partial charge in [0.1, 0.15) is 0 Å². The van der Waals surface area contributed by atoms with Gasteiger partial charge in [-0.05, 0) is 30.7 Å². The van der Waals surface area contributed by atoms with Crippen molar-refractivity contribution in [2.75, 3.05) is 5.73 Å². The summed E-state index contributed by atoms with van der Waals surface area (Å²) >= 11 is 0. The lowest BCUT2D eigenvalue weighted by Gasteiger charge is -2.09. The van der Waals surface area contributed by atoms with Crippen LogP contribution >= 0.6 is 0 Å². The van der Waals surface area contributed by atoms with Crippen molar-refractivity contribution in [1.29, 1.82) is 5.41 Å². The number of aromatic amines is 1. The number of benzene rings is 1. The van der Waals surface area contributed by atoms with Crippen LogP contribution < -0.4 is 5.73 Å². The van der Waals surface area contributed by atoms with Crippen molar-refractivity contribution in [3.05, 3.63) is 47.7 Å². The molecule has 0 aliphatic rings. The molecular formula is C15H15N3O. The SMILES string of the molecule is C=C(C=O)c1ccc(-c2ccc(N)c(C=N)c2C)[nH]1. The van der Waals surface area contributed by atoms with Crippen LogP contribution in [0.25, 0.3) is 16.8 Å². The van der Waals surface area contributed by atoms with Crippen molar-refractivity contribution in [3.8, 4) is 11.3 Å². The van der Waals surface area contributed by atoms with Crippen LogP contribution in [-0.4, -0.2) is 17.5 Å². The third-order valence-corrected chi connectivity index (χ3v) is 3.16. The summed E-state index contributed by atoms with van der Waals surface area (Å²) < 4.78 is 0. The molecule has 0 fully saturated rings. The molecule has 0 radical (unpaired) electrons. The highest BCUT2D eigenvalue weighted by Crippen LogP contribution is 2.28. The maximum Gasteiger partial charge on any atom is 0.151 e. The van der Waals surface area contributed by atoms with Gasteiger partial charge in [0.25, 0.3) is 0 Å². The summed E-state index contributed by atoms with van der Waals surface area (Å²) in [5, 5.41) is 7.41. The Labute approximate surface area is 111 Å². The summed E-state index contributed by atoms with van der Waals surface area (Å²) in [7, 11) is 0. The second-order valence-corrected chi connectivity index (χ2v) is 4.31. The molecule has 4 nitrogen and oxygen atoms in total. The molecule has 1 heterocycles. The molecule has 0 saturated carbocycles. The van der Waals surface area contributed by atoms with Gasteiger partial charge >= 0.3 is 0 Å². The fourth-order valence-electron chi connectivity index (χ4n) is 2.04. The summed E-state index contributed by atoms with van der Waals surface area (Å²) in [6.45, 7) is 5.58. The van der Waals surface area contributed by atoms with E-state index >= 15 is 0 Å². The fourth-order valence-corrected chi connectivity index (χ4v) is 2.04. The summed E-state index contributed by atoms with van der Waals surface area (Å²) in [5.74, 6) is 0. The molecule has 0 spiro atoms. The minimum absolute atomic E-state index is 0.409. The lowest BCUT2D eigenvalue weighted by molar-refractivity contribution is -0.103. The zero-order chi connectivity index (χ0) is 14.0. The number of carbonyl (C=O) groups is 1. The van der Waals surface area contributed by atoms with E-state index in [0.29, 0.717) is 28.8 Å². The molecule has 4 N–H and O–H groups in total. The molecule has 0 unspecified atom stereocenters. The van der Waals surface area contributed by atoms with E-state index in [1.807, 2.05) is 25.1 Å². The Morgan fingerprint density at radius 1 is 1.37 bits per heavy atom. The van der Waals surface area contributed by atoms with Crippen molar-refractivity contribution < 1.29 is 4.79 Å². The number of nitrogens with one attached hydrogen (secondary N) is 2. The Morgan fingerprint density at radius 2 is 2.11 bits per heavy atom. The van der Waals surface area contributed by atoms with Gasteiger partial charge in [-0.15, -0.1) is 0 Å². The van der Waals surface area contributed by atoms with Crippen molar-refractivity contribution in [1.82, 2.24) is 4.98 Å². The van der Waals surface area contributed by atoms with E-state index in [1.54, 1.807) is 6.07 Å². The standard InChI is InChI=1S/C15H15N3O/c1-9(8-19)14-5-6-15(18-14)11-3-4-13(17)12(7-16)10(11)2/h3-8,16,18H,1,17H2,2H3. The maximum absolute atomic E-state index is 10.7. The van der Waals surface area contributed by atoms with Crippen LogP contribution in [0.3, 0.4) is 0 Å². The van der Waals surface area contributed by atoms with Crippen LogP contribution in [0.1, 0.15) is 16.8 Å². The predicted octanol–water partition coefficient (Wildman–Crippen LogP) is 2.78. The van der Waals surface area contributed by atoms with E-state index in [0.717, 1.165) is 16.8 Å². The van der Waals surface area contributed by atoms with E-state index in [9.17, 15) is 4.79 Å². The third kappa shape index (κ3) is 2.20. The van der Waals surface area contributed by atoms with Crippen LogP contribution in [0, 0.1) is 12.3 Å². The number of nitrogen functional groups attached to an aromatic ring is 1. The number of aldehydes is 1. The molecule has 1 aromatic heterocycles. The average Bonchev–Trinajstić information content (AvgIpc) is 2.88. The molecule has 2 aromatic rings. The Hall–Kier alpha value is -2.62. The van der Waals surface area contributed by atoms with Crippen LogP contribution in [0.4, 0.5) is 5.69 Å². The number of anilines is 1. The topological polar surface area (TPSA) is 82.7 Å². The number of allylic oxidation sites excluding steroid dienone is 1. The lowest BCUT2D eigenvalue weighted by Crippen LogP contribution is -1.98. The fraction of sp³-hybridized carbons (Fsp3) is 0.0667. The second kappa shape index (κ2) is 4.94. The highest BCUT2D eigenvalue weighted by atomic mass is 16.1. The van der Waals surface area contributed by atoms with Crippen LogP contribution in [-0.2, 0) is 4.79 Å². The first kappa shape index (κ1) is 12.8. The summed E-state index contributed by atoms with van der Waals surface area (Å²) in [5.41, 5.74) is 11.0. The molecule has 2 rings (SSSR count). The Morgan fingerprint density at radius 3 is 2.74 bits per heavy atom. The number of hydrogen-bond acceptors (Lipinski definition) is 3. The van der Waals surface area contributed by atoms with Gasteiger partial charge in [0.05, 0.1) is 0 Å². The zero-order valence-corrected chi connectivity index (χ0v) is 10.7. The lowest BCUT2D eigenvalue weighted by atomic mass is 9.99. The Kier molecular flexibility index (Phi) is 3.33. The van der Waals surface area contributed by atoms with E-state index in [4.69, 9.17) is 11.1 Å². The molecule has 0 aliphatic heterocycles. The number of rotatable bonds is 4. The predicted molar refractivity (Wildman–Crippen MR) is 78.4 cm³/mol. The highest BCUT2D eigenvalue weighted by molar-refractivity contribution is 6.05.